The van der Waals surface area contributed by atoms with E-state index in [1.54, 1.807) is 7.11 Å². The summed E-state index contributed by atoms with van der Waals surface area (Å²) in [6.45, 7) is 5.14. The second-order valence-electron chi connectivity index (χ2n) is 5.87. The summed E-state index contributed by atoms with van der Waals surface area (Å²) in [5.74, 6) is 0.967. The van der Waals surface area contributed by atoms with Crippen LogP contribution in [-0.4, -0.2) is 37.4 Å². The zero-order valence-corrected chi connectivity index (χ0v) is 13.7. The Bertz CT molecular complexity index is 476. The number of hydrogen-bond acceptors (Lipinski definition) is 4. The van der Waals surface area contributed by atoms with Crippen LogP contribution in [0.4, 0.5) is 0 Å². The summed E-state index contributed by atoms with van der Waals surface area (Å²) >= 11 is 2.11. The van der Waals surface area contributed by atoms with Gasteiger partial charge in [-0.1, -0.05) is 13.0 Å². The van der Waals surface area contributed by atoms with Crippen LogP contribution in [0.3, 0.4) is 0 Å². The standard InChI is InChI=1S/C17H25NO2S/c1-3-8-18-17-15-9-13(19-2)6-4-12(15)5-7-16(17)21-14-10-20-11-14/h4,6,9,14,16-18H,3,5,7-8,10-11H2,1-2H3. The average molecular weight is 307 g/mol. The number of benzene rings is 1. The molecule has 1 saturated heterocycles. The fraction of sp³-hybridized carbons (Fsp3) is 0.647. The van der Waals surface area contributed by atoms with Crippen molar-refractivity contribution in [2.45, 2.75) is 42.7 Å². The van der Waals surface area contributed by atoms with Crippen molar-refractivity contribution in [2.24, 2.45) is 0 Å². The van der Waals surface area contributed by atoms with E-state index in [0.717, 1.165) is 25.5 Å². The van der Waals surface area contributed by atoms with Crippen LogP contribution in [0.15, 0.2) is 18.2 Å². The van der Waals surface area contributed by atoms with Gasteiger partial charge in [0.2, 0.25) is 0 Å². The molecule has 1 heterocycles. The van der Waals surface area contributed by atoms with Crippen LogP contribution in [-0.2, 0) is 11.2 Å². The highest BCUT2D eigenvalue weighted by Crippen LogP contribution is 2.41. The van der Waals surface area contributed by atoms with Gasteiger partial charge in [0.1, 0.15) is 5.75 Å². The zero-order valence-electron chi connectivity index (χ0n) is 12.9. The summed E-state index contributed by atoms with van der Waals surface area (Å²) in [5, 5.41) is 5.10. The lowest BCUT2D eigenvalue weighted by Crippen LogP contribution is -2.39. The van der Waals surface area contributed by atoms with Gasteiger partial charge in [-0.15, -0.1) is 11.8 Å². The molecule has 2 aliphatic rings. The molecule has 116 valence electrons. The van der Waals surface area contributed by atoms with Gasteiger partial charge in [-0.05, 0) is 49.1 Å². The first-order valence-corrected chi connectivity index (χ1v) is 8.89. The van der Waals surface area contributed by atoms with Gasteiger partial charge in [0.25, 0.3) is 0 Å². The lowest BCUT2D eigenvalue weighted by molar-refractivity contribution is 0.0451. The molecule has 1 fully saturated rings. The van der Waals surface area contributed by atoms with Crippen LogP contribution in [0, 0.1) is 0 Å². The Labute approximate surface area is 131 Å². The Morgan fingerprint density at radius 3 is 2.90 bits per heavy atom. The summed E-state index contributed by atoms with van der Waals surface area (Å²) in [4.78, 5) is 0. The molecule has 2 atom stereocenters. The number of methoxy groups -OCH3 is 1. The summed E-state index contributed by atoms with van der Waals surface area (Å²) in [6, 6.07) is 6.99. The molecule has 0 radical (unpaired) electrons. The van der Waals surface area contributed by atoms with Crippen molar-refractivity contribution in [2.75, 3.05) is 26.9 Å². The Balaban J connectivity index is 1.81. The maximum Gasteiger partial charge on any atom is 0.119 e. The summed E-state index contributed by atoms with van der Waals surface area (Å²) < 4.78 is 10.8. The van der Waals surface area contributed by atoms with Gasteiger partial charge in [0, 0.05) is 11.3 Å². The Hall–Kier alpha value is -0.710. The number of nitrogens with one attached hydrogen (secondary N) is 1. The first kappa shape index (κ1) is 15.2. The van der Waals surface area contributed by atoms with E-state index in [0.29, 0.717) is 16.5 Å². The van der Waals surface area contributed by atoms with Crippen LogP contribution in [0.1, 0.15) is 36.9 Å². The molecule has 3 rings (SSSR count). The van der Waals surface area contributed by atoms with Gasteiger partial charge in [-0.3, -0.25) is 0 Å². The molecule has 0 amide bonds. The molecule has 1 N–H and O–H groups in total. The minimum absolute atomic E-state index is 0.439. The number of hydrogen-bond donors (Lipinski definition) is 1. The molecule has 3 nitrogen and oxygen atoms in total. The second kappa shape index (κ2) is 7.03. The number of ether oxygens (including phenoxy) is 2. The van der Waals surface area contributed by atoms with Gasteiger partial charge < -0.3 is 14.8 Å². The molecular formula is C17H25NO2S. The van der Waals surface area contributed by atoms with Gasteiger partial charge >= 0.3 is 0 Å². The molecule has 21 heavy (non-hydrogen) atoms. The quantitative estimate of drug-likeness (QED) is 0.874. The number of fused-ring (bicyclic) bond motifs is 1. The molecule has 1 aliphatic carbocycles. The third kappa shape index (κ3) is 3.38. The van der Waals surface area contributed by atoms with Gasteiger partial charge in [-0.2, -0.15) is 0 Å². The molecule has 4 heteroatoms. The van der Waals surface area contributed by atoms with Crippen molar-refractivity contribution in [3.8, 4) is 5.75 Å². The number of aryl methyl sites for hydroxylation is 1. The number of thioether (sulfide) groups is 1. The van der Waals surface area contributed by atoms with E-state index >= 15 is 0 Å². The first-order chi connectivity index (χ1) is 10.3. The summed E-state index contributed by atoms with van der Waals surface area (Å²) in [7, 11) is 1.75. The summed E-state index contributed by atoms with van der Waals surface area (Å²) in [5.41, 5.74) is 2.91. The van der Waals surface area contributed by atoms with Crippen molar-refractivity contribution in [1.82, 2.24) is 5.32 Å². The SMILES string of the molecule is CCCNC1c2cc(OC)ccc2CCC1SC1COC1. The minimum Gasteiger partial charge on any atom is -0.497 e. The third-order valence-corrected chi connectivity index (χ3v) is 5.86. The van der Waals surface area contributed by atoms with E-state index in [1.807, 2.05) is 0 Å². The Morgan fingerprint density at radius 1 is 1.38 bits per heavy atom. The summed E-state index contributed by atoms with van der Waals surface area (Å²) in [6.07, 6.45) is 3.59. The monoisotopic (exact) mass is 307 g/mol. The van der Waals surface area contributed by atoms with E-state index < -0.39 is 0 Å². The normalized spacial score (nSPS) is 25.2. The lowest BCUT2D eigenvalue weighted by atomic mass is 9.87. The molecule has 0 spiro atoms. The Kier molecular flexibility index (Phi) is 5.09. The molecule has 2 unspecified atom stereocenters. The van der Waals surface area contributed by atoms with Crippen LogP contribution < -0.4 is 10.1 Å². The molecular weight excluding hydrogens is 282 g/mol. The smallest absolute Gasteiger partial charge is 0.119 e. The third-order valence-electron chi connectivity index (χ3n) is 4.35. The van der Waals surface area contributed by atoms with Crippen molar-refractivity contribution in [3.05, 3.63) is 29.3 Å². The van der Waals surface area contributed by atoms with Crippen LogP contribution in [0.2, 0.25) is 0 Å². The van der Waals surface area contributed by atoms with Crippen LogP contribution in [0.25, 0.3) is 0 Å². The Morgan fingerprint density at radius 2 is 2.24 bits per heavy atom. The van der Waals surface area contributed by atoms with E-state index in [-0.39, 0.29) is 0 Å². The average Bonchev–Trinajstić information content (AvgIpc) is 2.48. The topological polar surface area (TPSA) is 30.5 Å². The van der Waals surface area contributed by atoms with Gasteiger partial charge in [-0.25, -0.2) is 0 Å². The molecule has 0 aromatic heterocycles. The highest BCUT2D eigenvalue weighted by molar-refractivity contribution is 8.00. The predicted molar refractivity (Wildman–Crippen MR) is 88.3 cm³/mol. The zero-order chi connectivity index (χ0) is 14.7. The maximum absolute atomic E-state index is 5.43. The molecule has 1 aromatic rings. The van der Waals surface area contributed by atoms with Crippen molar-refractivity contribution < 1.29 is 9.47 Å². The molecule has 0 saturated carbocycles. The second-order valence-corrected chi connectivity index (χ2v) is 7.41. The van der Waals surface area contributed by atoms with E-state index in [2.05, 4.69) is 42.2 Å². The van der Waals surface area contributed by atoms with E-state index in [9.17, 15) is 0 Å². The van der Waals surface area contributed by atoms with Crippen molar-refractivity contribution in [3.63, 3.8) is 0 Å². The predicted octanol–water partition coefficient (Wildman–Crippen LogP) is 3.18. The fourth-order valence-electron chi connectivity index (χ4n) is 3.11. The largest absolute Gasteiger partial charge is 0.497 e. The minimum atomic E-state index is 0.439. The molecule has 1 aromatic carbocycles. The van der Waals surface area contributed by atoms with Gasteiger partial charge in [0.05, 0.1) is 25.6 Å². The fourth-order valence-corrected chi connectivity index (χ4v) is 4.61. The lowest BCUT2D eigenvalue weighted by Gasteiger charge is -2.38. The molecule has 1 aliphatic heterocycles. The maximum atomic E-state index is 5.43. The first-order valence-electron chi connectivity index (χ1n) is 7.95. The highest BCUT2D eigenvalue weighted by atomic mass is 32.2. The molecule has 0 bridgehead atoms. The highest BCUT2D eigenvalue weighted by Gasteiger charge is 2.33. The van der Waals surface area contributed by atoms with Crippen LogP contribution >= 0.6 is 11.8 Å². The number of rotatable bonds is 6. The van der Waals surface area contributed by atoms with Crippen molar-refractivity contribution in [1.29, 1.82) is 0 Å². The van der Waals surface area contributed by atoms with E-state index in [1.165, 1.54) is 30.4 Å². The van der Waals surface area contributed by atoms with Gasteiger partial charge in [0.15, 0.2) is 0 Å². The van der Waals surface area contributed by atoms with E-state index in [4.69, 9.17) is 9.47 Å². The van der Waals surface area contributed by atoms with Crippen molar-refractivity contribution >= 4 is 11.8 Å². The van der Waals surface area contributed by atoms with Crippen LogP contribution in [0.5, 0.6) is 5.75 Å².